The fourth-order valence-corrected chi connectivity index (χ4v) is 3.87. The number of anilines is 1. The summed E-state index contributed by atoms with van der Waals surface area (Å²) in [6, 6.07) is 4.63. The summed E-state index contributed by atoms with van der Waals surface area (Å²) in [7, 11) is 0. The van der Waals surface area contributed by atoms with Crippen molar-refractivity contribution in [1.29, 1.82) is 0 Å². The van der Waals surface area contributed by atoms with Gasteiger partial charge in [0.25, 0.3) is 0 Å². The quantitative estimate of drug-likeness (QED) is 0.817. The van der Waals surface area contributed by atoms with Gasteiger partial charge in [-0.3, -0.25) is 0 Å². The standard InChI is InChI=1S/C16H24N2/c1-12-8-13(2)15(14(3)9-12)18-10-16(11-18)4-6-17-7-5-16/h8-9,17H,4-7,10-11H2,1-3H3. The highest BCUT2D eigenvalue weighted by Gasteiger charge is 2.43. The second kappa shape index (κ2) is 4.27. The first-order chi connectivity index (χ1) is 8.60. The van der Waals surface area contributed by atoms with Crippen LogP contribution in [0.15, 0.2) is 12.1 Å². The normalized spacial score (nSPS) is 22.1. The molecule has 0 aromatic heterocycles. The van der Waals surface area contributed by atoms with Crippen molar-refractivity contribution >= 4 is 5.69 Å². The molecule has 2 saturated heterocycles. The van der Waals surface area contributed by atoms with Crippen LogP contribution in [-0.4, -0.2) is 26.2 Å². The molecule has 2 heterocycles. The molecule has 0 unspecified atom stereocenters. The predicted octanol–water partition coefficient (Wildman–Crippen LogP) is 2.80. The van der Waals surface area contributed by atoms with Crippen molar-refractivity contribution in [3.05, 3.63) is 28.8 Å². The van der Waals surface area contributed by atoms with Gasteiger partial charge < -0.3 is 10.2 Å². The molecule has 18 heavy (non-hydrogen) atoms. The number of hydrogen-bond donors (Lipinski definition) is 1. The number of hydrogen-bond acceptors (Lipinski definition) is 2. The number of benzene rings is 1. The third-order valence-corrected chi connectivity index (χ3v) is 4.67. The first kappa shape index (κ1) is 12.0. The van der Waals surface area contributed by atoms with E-state index >= 15 is 0 Å². The molecular weight excluding hydrogens is 220 g/mol. The Morgan fingerprint density at radius 1 is 1.00 bits per heavy atom. The average molecular weight is 244 g/mol. The summed E-state index contributed by atoms with van der Waals surface area (Å²) < 4.78 is 0. The van der Waals surface area contributed by atoms with Crippen LogP contribution >= 0.6 is 0 Å². The maximum absolute atomic E-state index is 3.47. The van der Waals surface area contributed by atoms with E-state index in [4.69, 9.17) is 0 Å². The van der Waals surface area contributed by atoms with Gasteiger partial charge in [0.15, 0.2) is 0 Å². The van der Waals surface area contributed by atoms with E-state index in [0.29, 0.717) is 5.41 Å². The molecule has 1 N–H and O–H groups in total. The van der Waals surface area contributed by atoms with Crippen LogP contribution in [0.3, 0.4) is 0 Å². The molecular formula is C16H24N2. The Morgan fingerprint density at radius 2 is 1.56 bits per heavy atom. The molecule has 0 amide bonds. The Bertz CT molecular complexity index is 427. The van der Waals surface area contributed by atoms with Crippen LogP contribution in [-0.2, 0) is 0 Å². The van der Waals surface area contributed by atoms with E-state index in [1.54, 1.807) is 0 Å². The molecule has 3 rings (SSSR count). The number of nitrogens with zero attached hydrogens (tertiary/aromatic N) is 1. The van der Waals surface area contributed by atoms with Crippen molar-refractivity contribution in [2.75, 3.05) is 31.1 Å². The number of rotatable bonds is 1. The van der Waals surface area contributed by atoms with Crippen LogP contribution < -0.4 is 10.2 Å². The van der Waals surface area contributed by atoms with Gasteiger partial charge in [-0.05, 0) is 57.8 Å². The topological polar surface area (TPSA) is 15.3 Å². The summed E-state index contributed by atoms with van der Waals surface area (Å²) in [5.41, 5.74) is 6.37. The summed E-state index contributed by atoms with van der Waals surface area (Å²) in [5.74, 6) is 0. The monoisotopic (exact) mass is 244 g/mol. The molecule has 0 bridgehead atoms. The summed E-state index contributed by atoms with van der Waals surface area (Å²) in [6.07, 6.45) is 2.71. The van der Waals surface area contributed by atoms with Crippen molar-refractivity contribution in [1.82, 2.24) is 5.32 Å². The highest BCUT2D eigenvalue weighted by atomic mass is 15.2. The minimum absolute atomic E-state index is 0.620. The SMILES string of the molecule is Cc1cc(C)c(N2CC3(CCNCC3)C2)c(C)c1. The van der Waals surface area contributed by atoms with E-state index in [1.807, 2.05) is 0 Å². The van der Waals surface area contributed by atoms with Gasteiger partial charge in [0.2, 0.25) is 0 Å². The zero-order chi connectivity index (χ0) is 12.8. The van der Waals surface area contributed by atoms with Crippen molar-refractivity contribution in [2.24, 2.45) is 5.41 Å². The van der Waals surface area contributed by atoms with E-state index < -0.39 is 0 Å². The molecule has 2 fully saturated rings. The number of piperidine rings is 1. The van der Waals surface area contributed by atoms with Crippen molar-refractivity contribution in [3.8, 4) is 0 Å². The highest BCUT2D eigenvalue weighted by molar-refractivity contribution is 5.62. The van der Waals surface area contributed by atoms with Crippen LogP contribution in [0.2, 0.25) is 0 Å². The van der Waals surface area contributed by atoms with Gasteiger partial charge in [0.05, 0.1) is 0 Å². The van der Waals surface area contributed by atoms with Crippen molar-refractivity contribution < 1.29 is 0 Å². The van der Waals surface area contributed by atoms with E-state index in [-0.39, 0.29) is 0 Å². The average Bonchev–Trinajstić information content (AvgIpc) is 2.26. The molecule has 98 valence electrons. The molecule has 0 atom stereocenters. The lowest BCUT2D eigenvalue weighted by Crippen LogP contribution is -2.60. The predicted molar refractivity (Wildman–Crippen MR) is 77.4 cm³/mol. The van der Waals surface area contributed by atoms with Gasteiger partial charge in [0.1, 0.15) is 0 Å². The lowest BCUT2D eigenvalue weighted by molar-refractivity contribution is 0.149. The molecule has 2 aliphatic heterocycles. The maximum atomic E-state index is 3.47. The lowest BCUT2D eigenvalue weighted by atomic mass is 9.72. The molecule has 1 aromatic rings. The van der Waals surface area contributed by atoms with E-state index in [0.717, 1.165) is 0 Å². The Hall–Kier alpha value is -1.02. The first-order valence-corrected chi connectivity index (χ1v) is 7.13. The Balaban J connectivity index is 1.78. The smallest absolute Gasteiger partial charge is 0.0426 e. The minimum Gasteiger partial charge on any atom is -0.370 e. The number of aryl methyl sites for hydroxylation is 3. The minimum atomic E-state index is 0.620. The zero-order valence-corrected chi connectivity index (χ0v) is 11.8. The highest BCUT2D eigenvalue weighted by Crippen LogP contribution is 2.43. The van der Waals surface area contributed by atoms with Gasteiger partial charge in [-0.2, -0.15) is 0 Å². The maximum Gasteiger partial charge on any atom is 0.0426 e. The first-order valence-electron chi connectivity index (χ1n) is 7.13. The van der Waals surface area contributed by atoms with Gasteiger partial charge in [-0.1, -0.05) is 17.7 Å². The Kier molecular flexibility index (Phi) is 2.86. The van der Waals surface area contributed by atoms with Crippen molar-refractivity contribution in [2.45, 2.75) is 33.6 Å². The Morgan fingerprint density at radius 3 is 2.11 bits per heavy atom. The van der Waals surface area contributed by atoms with Crippen molar-refractivity contribution in [3.63, 3.8) is 0 Å². The summed E-state index contributed by atoms with van der Waals surface area (Å²) in [6.45, 7) is 11.6. The second-order valence-corrected chi connectivity index (χ2v) is 6.35. The molecule has 2 aliphatic rings. The largest absolute Gasteiger partial charge is 0.370 e. The Labute approximate surface area is 110 Å². The molecule has 2 heteroatoms. The molecule has 0 aliphatic carbocycles. The molecule has 1 spiro atoms. The van der Waals surface area contributed by atoms with Crippen LogP contribution in [0.25, 0.3) is 0 Å². The second-order valence-electron chi connectivity index (χ2n) is 6.35. The van der Waals surface area contributed by atoms with Gasteiger partial charge >= 0.3 is 0 Å². The fourth-order valence-electron chi connectivity index (χ4n) is 3.87. The zero-order valence-electron chi connectivity index (χ0n) is 11.8. The molecule has 1 aromatic carbocycles. The summed E-state index contributed by atoms with van der Waals surface area (Å²) >= 11 is 0. The van der Waals surface area contributed by atoms with Gasteiger partial charge in [-0.15, -0.1) is 0 Å². The van der Waals surface area contributed by atoms with Crippen LogP contribution in [0, 0.1) is 26.2 Å². The molecule has 0 saturated carbocycles. The van der Waals surface area contributed by atoms with Gasteiger partial charge in [-0.25, -0.2) is 0 Å². The van der Waals surface area contributed by atoms with E-state index in [1.165, 1.54) is 61.4 Å². The third-order valence-electron chi connectivity index (χ3n) is 4.67. The third kappa shape index (κ3) is 1.93. The van der Waals surface area contributed by atoms with E-state index in [2.05, 4.69) is 43.1 Å². The number of nitrogens with one attached hydrogen (secondary N) is 1. The van der Waals surface area contributed by atoms with E-state index in [9.17, 15) is 0 Å². The molecule has 2 nitrogen and oxygen atoms in total. The lowest BCUT2D eigenvalue weighted by Gasteiger charge is -2.54. The van der Waals surface area contributed by atoms with Crippen LogP contribution in [0.4, 0.5) is 5.69 Å². The van der Waals surface area contributed by atoms with Crippen LogP contribution in [0.1, 0.15) is 29.5 Å². The summed E-state index contributed by atoms with van der Waals surface area (Å²) in [5, 5.41) is 3.47. The van der Waals surface area contributed by atoms with Gasteiger partial charge in [0, 0.05) is 24.2 Å². The molecule has 0 radical (unpaired) electrons. The van der Waals surface area contributed by atoms with Crippen LogP contribution in [0.5, 0.6) is 0 Å². The summed E-state index contributed by atoms with van der Waals surface area (Å²) in [4.78, 5) is 2.59. The fraction of sp³-hybridized carbons (Fsp3) is 0.625.